The second kappa shape index (κ2) is 8.93. The van der Waals surface area contributed by atoms with Crippen LogP contribution in [-0.2, 0) is 19.1 Å². The monoisotopic (exact) mass is 302 g/mol. The SMILES string of the molecule is CCOC(=O)NC(=O)C(CC)(CC)C(=O)NC(=O)OCC. The van der Waals surface area contributed by atoms with Crippen molar-refractivity contribution in [3.05, 3.63) is 0 Å². The minimum atomic E-state index is -1.54. The van der Waals surface area contributed by atoms with Crippen molar-refractivity contribution in [1.29, 1.82) is 0 Å². The zero-order valence-corrected chi connectivity index (χ0v) is 12.8. The van der Waals surface area contributed by atoms with Gasteiger partial charge in [0.05, 0.1) is 13.2 Å². The van der Waals surface area contributed by atoms with Crippen molar-refractivity contribution in [2.75, 3.05) is 13.2 Å². The van der Waals surface area contributed by atoms with Gasteiger partial charge < -0.3 is 9.47 Å². The van der Waals surface area contributed by atoms with Gasteiger partial charge >= 0.3 is 12.2 Å². The third kappa shape index (κ3) is 5.05. The van der Waals surface area contributed by atoms with Crippen LogP contribution in [0.2, 0.25) is 0 Å². The quantitative estimate of drug-likeness (QED) is 0.716. The molecule has 0 aromatic rings. The largest absolute Gasteiger partial charge is 0.450 e. The molecule has 0 aliphatic carbocycles. The third-order valence-corrected chi connectivity index (χ3v) is 3.06. The van der Waals surface area contributed by atoms with Gasteiger partial charge in [-0.2, -0.15) is 0 Å². The first-order chi connectivity index (χ1) is 9.87. The van der Waals surface area contributed by atoms with Crippen LogP contribution in [0.4, 0.5) is 9.59 Å². The molecule has 0 aromatic carbocycles. The van der Waals surface area contributed by atoms with E-state index in [1.165, 1.54) is 0 Å². The molecule has 0 aliphatic rings. The van der Waals surface area contributed by atoms with Crippen molar-refractivity contribution in [1.82, 2.24) is 10.6 Å². The fourth-order valence-electron chi connectivity index (χ4n) is 1.75. The van der Waals surface area contributed by atoms with Gasteiger partial charge in [-0.15, -0.1) is 0 Å². The van der Waals surface area contributed by atoms with E-state index in [-0.39, 0.29) is 26.1 Å². The van der Waals surface area contributed by atoms with Crippen molar-refractivity contribution in [3.8, 4) is 0 Å². The van der Waals surface area contributed by atoms with Crippen LogP contribution in [0, 0.1) is 5.41 Å². The van der Waals surface area contributed by atoms with Crippen molar-refractivity contribution < 1.29 is 28.7 Å². The van der Waals surface area contributed by atoms with E-state index in [1.54, 1.807) is 27.7 Å². The Morgan fingerprint density at radius 3 is 1.33 bits per heavy atom. The number of rotatable bonds is 6. The first kappa shape index (κ1) is 18.9. The molecule has 8 nitrogen and oxygen atoms in total. The molecule has 0 aliphatic heterocycles. The number of carbonyl (C=O) groups excluding carboxylic acids is 4. The predicted molar refractivity (Wildman–Crippen MR) is 73.3 cm³/mol. The van der Waals surface area contributed by atoms with Gasteiger partial charge in [-0.3, -0.25) is 20.2 Å². The number of imide groups is 2. The van der Waals surface area contributed by atoms with Gasteiger partial charge in [0.2, 0.25) is 11.8 Å². The number of amides is 4. The smallest absolute Gasteiger partial charge is 0.413 e. The summed E-state index contributed by atoms with van der Waals surface area (Å²) in [6.07, 6.45) is -1.64. The lowest BCUT2D eigenvalue weighted by molar-refractivity contribution is -0.143. The van der Waals surface area contributed by atoms with E-state index in [9.17, 15) is 19.2 Å². The van der Waals surface area contributed by atoms with Crippen molar-refractivity contribution in [2.24, 2.45) is 5.41 Å². The molecular weight excluding hydrogens is 280 g/mol. The summed E-state index contributed by atoms with van der Waals surface area (Å²) < 4.78 is 9.20. The molecule has 0 fully saturated rings. The van der Waals surface area contributed by atoms with Gasteiger partial charge in [0.1, 0.15) is 5.41 Å². The molecule has 0 saturated heterocycles. The Hall–Kier alpha value is -2.12. The molecule has 0 spiro atoms. The first-order valence-corrected chi connectivity index (χ1v) is 6.84. The molecule has 8 heteroatoms. The van der Waals surface area contributed by atoms with Crippen LogP contribution >= 0.6 is 0 Å². The van der Waals surface area contributed by atoms with Crippen LogP contribution in [0.25, 0.3) is 0 Å². The van der Waals surface area contributed by atoms with Crippen LogP contribution in [0.1, 0.15) is 40.5 Å². The van der Waals surface area contributed by atoms with Crippen molar-refractivity contribution in [3.63, 3.8) is 0 Å². The summed E-state index contributed by atoms with van der Waals surface area (Å²) >= 11 is 0. The number of alkyl carbamates (subject to hydrolysis) is 2. The minimum Gasteiger partial charge on any atom is -0.450 e. The van der Waals surface area contributed by atoms with E-state index >= 15 is 0 Å². The van der Waals surface area contributed by atoms with Gasteiger partial charge in [0.15, 0.2) is 0 Å². The zero-order chi connectivity index (χ0) is 16.5. The normalized spacial score (nSPS) is 10.5. The molecule has 4 amide bonds. The standard InChI is InChI=1S/C13H22N2O6/c1-5-13(6-2,9(16)14-11(18)20-7-3)10(17)15-12(19)21-8-4/h5-8H2,1-4H3,(H,14,16,18)(H,15,17,19). The Morgan fingerprint density at radius 2 is 1.10 bits per heavy atom. The van der Waals surface area contributed by atoms with Crippen LogP contribution in [0.3, 0.4) is 0 Å². The highest BCUT2D eigenvalue weighted by Crippen LogP contribution is 2.27. The number of hydrogen-bond donors (Lipinski definition) is 2. The molecule has 0 heterocycles. The Morgan fingerprint density at radius 1 is 0.762 bits per heavy atom. The maximum Gasteiger partial charge on any atom is 0.413 e. The number of nitrogens with one attached hydrogen (secondary N) is 2. The molecule has 120 valence electrons. The van der Waals surface area contributed by atoms with E-state index in [0.717, 1.165) is 0 Å². The molecule has 2 N–H and O–H groups in total. The Labute approximate surface area is 123 Å². The number of ether oxygens (including phenoxy) is 2. The lowest BCUT2D eigenvalue weighted by atomic mass is 9.80. The Balaban J connectivity index is 5.05. The fraction of sp³-hybridized carbons (Fsp3) is 0.692. The lowest BCUT2D eigenvalue weighted by Crippen LogP contribution is -2.53. The number of hydrogen-bond acceptors (Lipinski definition) is 6. The summed E-state index contributed by atoms with van der Waals surface area (Å²) in [7, 11) is 0. The van der Waals surface area contributed by atoms with Crippen molar-refractivity contribution >= 4 is 24.0 Å². The second-order valence-corrected chi connectivity index (χ2v) is 4.14. The molecule has 21 heavy (non-hydrogen) atoms. The Bertz CT molecular complexity index is 369. The van der Waals surface area contributed by atoms with Gasteiger partial charge in [-0.05, 0) is 26.7 Å². The van der Waals surface area contributed by atoms with Gasteiger partial charge in [-0.1, -0.05) is 13.8 Å². The summed E-state index contributed by atoms with van der Waals surface area (Å²) in [5.74, 6) is -1.62. The van der Waals surface area contributed by atoms with Crippen LogP contribution < -0.4 is 10.6 Å². The maximum absolute atomic E-state index is 12.2. The van der Waals surface area contributed by atoms with Crippen molar-refractivity contribution in [2.45, 2.75) is 40.5 Å². The van der Waals surface area contributed by atoms with Crippen LogP contribution in [0.5, 0.6) is 0 Å². The maximum atomic E-state index is 12.2. The van der Waals surface area contributed by atoms with Crippen LogP contribution in [-0.4, -0.2) is 37.2 Å². The van der Waals surface area contributed by atoms with E-state index in [4.69, 9.17) is 0 Å². The van der Waals surface area contributed by atoms with E-state index < -0.39 is 29.4 Å². The number of carbonyl (C=O) groups is 4. The highest BCUT2D eigenvalue weighted by Gasteiger charge is 2.44. The molecule has 0 aromatic heterocycles. The first-order valence-electron chi connectivity index (χ1n) is 6.84. The predicted octanol–water partition coefficient (Wildman–Crippen LogP) is 1.34. The molecule has 0 saturated carbocycles. The van der Waals surface area contributed by atoms with Gasteiger partial charge in [0.25, 0.3) is 0 Å². The van der Waals surface area contributed by atoms with E-state index in [0.29, 0.717) is 0 Å². The van der Waals surface area contributed by atoms with Gasteiger partial charge in [-0.25, -0.2) is 9.59 Å². The average molecular weight is 302 g/mol. The topological polar surface area (TPSA) is 111 Å². The molecule has 0 bridgehead atoms. The van der Waals surface area contributed by atoms with E-state index in [1.807, 2.05) is 10.6 Å². The average Bonchev–Trinajstić information content (AvgIpc) is 2.41. The molecule has 0 unspecified atom stereocenters. The minimum absolute atomic E-state index is 0.0966. The summed E-state index contributed by atoms with van der Waals surface area (Å²) in [6, 6.07) is 0. The third-order valence-electron chi connectivity index (χ3n) is 3.06. The summed E-state index contributed by atoms with van der Waals surface area (Å²) in [6.45, 7) is 6.59. The van der Waals surface area contributed by atoms with E-state index in [2.05, 4.69) is 9.47 Å². The highest BCUT2D eigenvalue weighted by molar-refractivity contribution is 6.12. The molecule has 0 atom stereocenters. The molecule has 0 radical (unpaired) electrons. The summed E-state index contributed by atoms with van der Waals surface area (Å²) in [5, 5.41) is 3.99. The Kier molecular flexibility index (Phi) is 8.03. The lowest BCUT2D eigenvalue weighted by Gasteiger charge is -2.27. The second-order valence-electron chi connectivity index (χ2n) is 4.14. The molecule has 0 rings (SSSR count). The highest BCUT2D eigenvalue weighted by atomic mass is 16.6. The molecular formula is C13H22N2O6. The zero-order valence-electron chi connectivity index (χ0n) is 12.8. The van der Waals surface area contributed by atoms with Crippen LogP contribution in [0.15, 0.2) is 0 Å². The summed E-state index contributed by atoms with van der Waals surface area (Å²) in [5.41, 5.74) is -1.54. The fourth-order valence-corrected chi connectivity index (χ4v) is 1.75. The van der Waals surface area contributed by atoms with Gasteiger partial charge in [0, 0.05) is 0 Å². The summed E-state index contributed by atoms with van der Waals surface area (Å²) in [4.78, 5) is 46.9.